The van der Waals surface area contributed by atoms with Gasteiger partial charge in [-0.05, 0) is 98.4 Å². The van der Waals surface area contributed by atoms with Crippen LogP contribution in [0.3, 0.4) is 0 Å². The molecule has 0 saturated carbocycles. The van der Waals surface area contributed by atoms with Crippen LogP contribution in [-0.2, 0) is 52.4 Å². The number of carbonyl (C=O) groups excluding carboxylic acids is 3. The molecule has 0 aliphatic carbocycles. The zero-order valence-corrected chi connectivity index (χ0v) is 42.0. The first kappa shape index (κ1) is 64.9. The van der Waals surface area contributed by atoms with Crippen molar-refractivity contribution in [2.24, 2.45) is 5.14 Å². The maximum absolute atomic E-state index is 11.3. The molecule has 0 bridgehead atoms. The quantitative estimate of drug-likeness (QED) is 0.208. The van der Waals surface area contributed by atoms with Crippen LogP contribution in [0.4, 0.5) is 21.9 Å². The van der Waals surface area contributed by atoms with Crippen LogP contribution < -0.4 is 20.3 Å². The summed E-state index contributed by atoms with van der Waals surface area (Å²) in [5.41, 5.74) is 9.90. The fraction of sp³-hybridized carbons (Fsp3) is 0.518. The fourth-order valence-electron chi connectivity index (χ4n) is 6.87. The minimum absolute atomic E-state index is 0. The predicted octanol–water partition coefficient (Wildman–Crippen LogP) is 12.9. The lowest BCUT2D eigenvalue weighted by molar-refractivity contribution is -0.129. The van der Waals surface area contributed by atoms with E-state index in [-0.39, 0.29) is 74.2 Å². The van der Waals surface area contributed by atoms with Crippen LogP contribution in [0.1, 0.15) is 154 Å². The number of ether oxygens (including phenoxy) is 1. The van der Waals surface area contributed by atoms with E-state index in [9.17, 15) is 22.8 Å². The van der Waals surface area contributed by atoms with Crippen molar-refractivity contribution in [2.75, 3.05) is 55.5 Å². The van der Waals surface area contributed by atoms with Crippen LogP contribution in [-0.4, -0.2) is 71.6 Å². The van der Waals surface area contributed by atoms with Gasteiger partial charge in [-0.2, -0.15) is 0 Å². The molecule has 2 heterocycles. The summed E-state index contributed by atoms with van der Waals surface area (Å²) in [5, 5.41) is 7.89. The van der Waals surface area contributed by atoms with Crippen molar-refractivity contribution in [3.8, 4) is 0 Å². The standard InChI is InChI=1S/C16H24N2O.C13H19NO2.C13H17NO.C10H15NO2S.4CH4/c1-13(19)17-9-11-18(12-10-17)15-7-5-14(6-8-15)16(2,3)4;1-13(2,3)10-6-8-11(9-7-10)14(4)12(15)16-5;1-13(2,3)10-5-6-11-9(8-10)4-7-12(15)14-11;1-10(2,3)8-4-6-9(7-5-8)14(11,12)13;;;;/h5-8H,9-12H2,1-4H3;6-9H,1-5H3;5-6,8H,4,7H2,1-3H3,(H,14,15);4-7H,1-3H3,(H2,11,12,13);4*1H4. The van der Waals surface area contributed by atoms with Gasteiger partial charge in [-0.3, -0.25) is 14.5 Å². The Kier molecular flexibility index (Phi) is 25.3. The molecule has 382 valence electrons. The Hall–Kier alpha value is -5.20. The summed E-state index contributed by atoms with van der Waals surface area (Å²) in [5.74, 6) is 0.314. The SMILES string of the molecule is C.C.C.C.CC(=O)N1CCN(c2ccc(C(C)(C)C)cc2)CC1.CC(C)(C)c1ccc(S(N)(=O)=O)cc1.CC(C)(C)c1ccc2c(c1)CCC(=O)N2.COC(=O)N(C)c1ccc(C(C)(C)C)cc1. The number of aryl methyl sites for hydroxylation is 1. The summed E-state index contributed by atoms with van der Waals surface area (Å²) in [6.45, 7) is 31.1. The number of benzene rings is 4. The van der Waals surface area contributed by atoms with Gasteiger partial charge in [-0.1, -0.05) is 161 Å². The van der Waals surface area contributed by atoms with E-state index in [1.165, 1.54) is 52.1 Å². The van der Waals surface area contributed by atoms with Crippen molar-refractivity contribution >= 4 is 45.0 Å². The first-order chi connectivity index (χ1) is 29.4. The van der Waals surface area contributed by atoms with Crippen LogP contribution in [0.5, 0.6) is 0 Å². The first-order valence-electron chi connectivity index (χ1n) is 22.0. The molecule has 4 aromatic rings. The molecular weight excluding hydrogens is 871 g/mol. The van der Waals surface area contributed by atoms with Crippen LogP contribution >= 0.6 is 0 Å². The Balaban J connectivity index is 0. The molecule has 3 N–H and O–H groups in total. The molecule has 6 rings (SSSR count). The molecule has 68 heavy (non-hydrogen) atoms. The third-order valence-electron chi connectivity index (χ3n) is 11.3. The number of nitrogens with one attached hydrogen (secondary N) is 1. The van der Waals surface area contributed by atoms with E-state index in [1.807, 2.05) is 35.2 Å². The predicted molar refractivity (Wildman–Crippen MR) is 291 cm³/mol. The van der Waals surface area contributed by atoms with Gasteiger partial charge in [0.1, 0.15) is 0 Å². The van der Waals surface area contributed by atoms with Crippen molar-refractivity contribution in [2.45, 2.75) is 159 Å². The zero-order valence-electron chi connectivity index (χ0n) is 41.2. The molecule has 0 radical (unpaired) electrons. The number of amides is 3. The van der Waals surface area contributed by atoms with Crippen molar-refractivity contribution < 1.29 is 27.5 Å². The molecule has 4 aromatic carbocycles. The molecule has 12 heteroatoms. The average Bonchev–Trinajstić information content (AvgIpc) is 3.22. The number of rotatable bonds is 3. The summed E-state index contributed by atoms with van der Waals surface area (Å²) in [6, 6.07) is 29.8. The highest BCUT2D eigenvalue weighted by Gasteiger charge is 2.22. The third kappa shape index (κ3) is 19.8. The highest BCUT2D eigenvalue weighted by molar-refractivity contribution is 7.89. The van der Waals surface area contributed by atoms with Crippen molar-refractivity contribution in [1.29, 1.82) is 0 Å². The second kappa shape index (κ2) is 26.5. The van der Waals surface area contributed by atoms with Gasteiger partial charge in [0.2, 0.25) is 21.8 Å². The van der Waals surface area contributed by atoms with Crippen LogP contribution in [0.15, 0.2) is 95.9 Å². The number of fused-ring (bicyclic) bond motifs is 1. The highest BCUT2D eigenvalue weighted by Crippen LogP contribution is 2.30. The van der Waals surface area contributed by atoms with E-state index in [1.54, 1.807) is 26.1 Å². The molecule has 2 aliphatic rings. The number of piperazine rings is 1. The number of carbonyl (C=O) groups is 3. The summed E-state index contributed by atoms with van der Waals surface area (Å²) >= 11 is 0. The molecule has 3 amide bonds. The number of anilines is 3. The Morgan fingerprint density at radius 2 is 1.01 bits per heavy atom. The monoisotopic (exact) mass is 962 g/mol. The molecular formula is C56H91N5O6S. The highest BCUT2D eigenvalue weighted by atomic mass is 32.2. The van der Waals surface area contributed by atoms with Crippen molar-refractivity contribution in [3.05, 3.63) is 119 Å². The summed E-state index contributed by atoms with van der Waals surface area (Å²) in [4.78, 5) is 39.7. The van der Waals surface area contributed by atoms with E-state index in [4.69, 9.17) is 5.14 Å². The van der Waals surface area contributed by atoms with Gasteiger partial charge in [0.05, 0.1) is 12.0 Å². The van der Waals surface area contributed by atoms with Gasteiger partial charge in [-0.15, -0.1) is 0 Å². The Morgan fingerprint density at radius 1 is 0.618 bits per heavy atom. The molecule has 0 unspecified atom stereocenters. The molecule has 1 saturated heterocycles. The van der Waals surface area contributed by atoms with E-state index in [2.05, 4.69) is 134 Å². The van der Waals surface area contributed by atoms with Gasteiger partial charge < -0.3 is 19.9 Å². The number of sulfonamides is 1. The van der Waals surface area contributed by atoms with Crippen LogP contribution in [0, 0.1) is 0 Å². The second-order valence-electron chi connectivity index (χ2n) is 20.6. The van der Waals surface area contributed by atoms with E-state index in [0.29, 0.717) is 6.42 Å². The number of methoxy groups -OCH3 is 1. The number of nitrogens with zero attached hydrogens (tertiary/aromatic N) is 3. The Bertz CT molecular complexity index is 2270. The molecule has 1 fully saturated rings. The van der Waals surface area contributed by atoms with Gasteiger partial charge in [-0.25, -0.2) is 18.4 Å². The largest absolute Gasteiger partial charge is 0.452 e. The molecule has 2 aliphatic heterocycles. The average molecular weight is 962 g/mol. The Morgan fingerprint density at radius 3 is 1.40 bits per heavy atom. The van der Waals surface area contributed by atoms with Crippen LogP contribution in [0.2, 0.25) is 0 Å². The molecule has 0 atom stereocenters. The smallest absolute Gasteiger partial charge is 0.413 e. The van der Waals surface area contributed by atoms with Crippen molar-refractivity contribution in [3.63, 3.8) is 0 Å². The van der Waals surface area contributed by atoms with E-state index < -0.39 is 10.0 Å². The van der Waals surface area contributed by atoms with Crippen LogP contribution in [0.25, 0.3) is 0 Å². The second-order valence-corrected chi connectivity index (χ2v) is 22.2. The fourth-order valence-corrected chi connectivity index (χ4v) is 7.39. The maximum Gasteiger partial charge on any atom is 0.413 e. The minimum Gasteiger partial charge on any atom is -0.452 e. The van der Waals surface area contributed by atoms with Gasteiger partial charge in [0.25, 0.3) is 0 Å². The lowest BCUT2D eigenvalue weighted by atomic mass is 9.85. The number of hydrogen-bond donors (Lipinski definition) is 2. The number of hydrogen-bond acceptors (Lipinski definition) is 7. The normalized spacial score (nSPS) is 13.4. The number of primary sulfonamides is 1. The number of nitrogens with two attached hydrogens (primary N) is 1. The first-order valence-corrected chi connectivity index (χ1v) is 23.6. The summed E-state index contributed by atoms with van der Waals surface area (Å²) in [6.07, 6.45) is 1.12. The van der Waals surface area contributed by atoms with E-state index in [0.717, 1.165) is 49.5 Å². The zero-order chi connectivity index (χ0) is 48.4. The topological polar surface area (TPSA) is 142 Å². The van der Waals surface area contributed by atoms with Crippen molar-refractivity contribution in [1.82, 2.24) is 4.90 Å². The molecule has 0 spiro atoms. The molecule has 0 aromatic heterocycles. The van der Waals surface area contributed by atoms with Gasteiger partial charge >= 0.3 is 6.09 Å². The maximum atomic E-state index is 11.3. The van der Waals surface area contributed by atoms with Gasteiger partial charge in [0, 0.05) is 63.6 Å². The lowest BCUT2D eigenvalue weighted by Gasteiger charge is -2.35. The summed E-state index contributed by atoms with van der Waals surface area (Å²) < 4.78 is 26.6. The lowest BCUT2D eigenvalue weighted by Crippen LogP contribution is -2.48. The summed E-state index contributed by atoms with van der Waals surface area (Å²) in [7, 11) is -0.495. The Labute approximate surface area is 414 Å². The molecule has 11 nitrogen and oxygen atoms in total. The minimum atomic E-state index is -3.57. The van der Waals surface area contributed by atoms with Gasteiger partial charge in [0.15, 0.2) is 0 Å². The van der Waals surface area contributed by atoms with E-state index >= 15 is 0 Å². The third-order valence-corrected chi connectivity index (χ3v) is 12.2.